The molecule has 1 atom stereocenters. The molecular formula is C9H8BrIN2O. The van der Waals surface area contributed by atoms with Crippen LogP contribution in [0.2, 0.25) is 0 Å². The molecule has 2 rings (SSSR count). The number of amides is 1. The van der Waals surface area contributed by atoms with Gasteiger partial charge in [0.25, 0.3) is 0 Å². The Hall–Kier alpha value is -0.170. The summed E-state index contributed by atoms with van der Waals surface area (Å²) in [6, 6.07) is 3.83. The second-order valence-electron chi connectivity index (χ2n) is 3.11. The lowest BCUT2D eigenvalue weighted by Gasteiger charge is -2.15. The van der Waals surface area contributed by atoms with Crippen molar-refractivity contribution in [2.75, 3.05) is 11.4 Å². The van der Waals surface area contributed by atoms with Crippen molar-refractivity contribution in [3.05, 3.63) is 21.9 Å². The number of rotatable bonds is 1. The topological polar surface area (TPSA) is 33.2 Å². The van der Waals surface area contributed by atoms with Gasteiger partial charge in [-0.05, 0) is 34.7 Å². The Bertz CT molecular complexity index is 372. The van der Waals surface area contributed by atoms with E-state index in [1.165, 1.54) is 0 Å². The highest BCUT2D eigenvalue weighted by Crippen LogP contribution is 2.26. The zero-order chi connectivity index (χ0) is 10.1. The number of carbonyl (C=O) groups is 1. The number of halogens is 2. The van der Waals surface area contributed by atoms with Crippen LogP contribution in [0.3, 0.4) is 0 Å². The first-order valence-corrected chi connectivity index (χ1v) is 6.23. The number of aromatic nitrogens is 1. The average Bonchev–Trinajstić information content (AvgIpc) is 2.46. The summed E-state index contributed by atoms with van der Waals surface area (Å²) in [7, 11) is 0. The van der Waals surface area contributed by atoms with Gasteiger partial charge in [0.15, 0.2) is 0 Å². The maximum atomic E-state index is 11.6. The first-order chi connectivity index (χ1) is 6.68. The molecule has 2 heterocycles. The third-order valence-electron chi connectivity index (χ3n) is 2.07. The summed E-state index contributed by atoms with van der Waals surface area (Å²) < 4.78 is 1.01. The maximum Gasteiger partial charge on any atom is 0.229 e. The van der Waals surface area contributed by atoms with Crippen LogP contribution >= 0.6 is 38.5 Å². The molecule has 0 aromatic carbocycles. The largest absolute Gasteiger partial charge is 0.295 e. The standard InChI is InChI=1S/C9H8BrIN2O/c10-6-4-8(14)13(5-6)9-7(11)2-1-3-12-9/h1-3,6H,4-5H2. The summed E-state index contributed by atoms with van der Waals surface area (Å²) in [5.41, 5.74) is 0. The van der Waals surface area contributed by atoms with E-state index in [1.807, 2.05) is 12.1 Å². The van der Waals surface area contributed by atoms with Crippen molar-refractivity contribution in [1.82, 2.24) is 4.98 Å². The molecule has 1 amide bonds. The fourth-order valence-corrected chi connectivity index (χ4v) is 2.65. The van der Waals surface area contributed by atoms with Gasteiger partial charge in [-0.1, -0.05) is 15.9 Å². The molecule has 0 bridgehead atoms. The normalized spacial score (nSPS) is 21.7. The van der Waals surface area contributed by atoms with Crippen molar-refractivity contribution < 1.29 is 4.79 Å². The van der Waals surface area contributed by atoms with Gasteiger partial charge in [-0.3, -0.25) is 9.69 Å². The molecule has 1 aliphatic heterocycles. The molecule has 1 fully saturated rings. The van der Waals surface area contributed by atoms with E-state index in [2.05, 4.69) is 43.5 Å². The molecule has 14 heavy (non-hydrogen) atoms. The van der Waals surface area contributed by atoms with Crippen LogP contribution < -0.4 is 4.90 Å². The van der Waals surface area contributed by atoms with Gasteiger partial charge >= 0.3 is 0 Å². The van der Waals surface area contributed by atoms with Gasteiger partial charge in [0, 0.05) is 24.0 Å². The van der Waals surface area contributed by atoms with Gasteiger partial charge in [0.1, 0.15) is 5.82 Å². The van der Waals surface area contributed by atoms with Crippen LogP contribution in [0.5, 0.6) is 0 Å². The molecule has 0 N–H and O–H groups in total. The maximum absolute atomic E-state index is 11.6. The third kappa shape index (κ3) is 1.93. The smallest absolute Gasteiger partial charge is 0.229 e. The molecule has 1 aromatic heterocycles. The molecule has 0 spiro atoms. The monoisotopic (exact) mass is 366 g/mol. The fourth-order valence-electron chi connectivity index (χ4n) is 1.44. The summed E-state index contributed by atoms with van der Waals surface area (Å²) in [5, 5.41) is 0. The highest BCUT2D eigenvalue weighted by atomic mass is 127. The molecule has 5 heteroatoms. The van der Waals surface area contributed by atoms with Gasteiger partial charge in [-0.2, -0.15) is 0 Å². The van der Waals surface area contributed by atoms with Crippen molar-refractivity contribution in [2.45, 2.75) is 11.2 Å². The van der Waals surface area contributed by atoms with E-state index >= 15 is 0 Å². The van der Waals surface area contributed by atoms with Crippen molar-refractivity contribution >= 4 is 50.2 Å². The summed E-state index contributed by atoms with van der Waals surface area (Å²) in [4.78, 5) is 17.8. The molecule has 1 saturated heterocycles. The molecular weight excluding hydrogens is 359 g/mol. The minimum Gasteiger partial charge on any atom is -0.295 e. The number of hydrogen-bond acceptors (Lipinski definition) is 2. The third-order valence-corrected chi connectivity index (χ3v) is 3.53. The van der Waals surface area contributed by atoms with E-state index in [0.29, 0.717) is 13.0 Å². The lowest BCUT2D eigenvalue weighted by atomic mass is 10.4. The van der Waals surface area contributed by atoms with E-state index in [-0.39, 0.29) is 10.7 Å². The number of carbonyl (C=O) groups excluding carboxylic acids is 1. The van der Waals surface area contributed by atoms with E-state index in [9.17, 15) is 4.79 Å². The van der Waals surface area contributed by atoms with Crippen molar-refractivity contribution in [1.29, 1.82) is 0 Å². The SMILES string of the molecule is O=C1CC(Br)CN1c1ncccc1I. The van der Waals surface area contributed by atoms with E-state index in [4.69, 9.17) is 0 Å². The minimum absolute atomic E-state index is 0.142. The highest BCUT2D eigenvalue weighted by Gasteiger charge is 2.30. The first-order valence-electron chi connectivity index (χ1n) is 4.23. The fraction of sp³-hybridized carbons (Fsp3) is 0.333. The number of alkyl halides is 1. The average molecular weight is 367 g/mol. The zero-order valence-electron chi connectivity index (χ0n) is 7.28. The van der Waals surface area contributed by atoms with Crippen LogP contribution in [0.4, 0.5) is 5.82 Å². The van der Waals surface area contributed by atoms with E-state index in [1.54, 1.807) is 11.1 Å². The first kappa shape index (κ1) is 10.4. The van der Waals surface area contributed by atoms with Gasteiger partial charge in [0.2, 0.25) is 5.91 Å². The molecule has 1 unspecified atom stereocenters. The lowest BCUT2D eigenvalue weighted by Crippen LogP contribution is -2.26. The summed E-state index contributed by atoms with van der Waals surface area (Å²) >= 11 is 5.64. The Morgan fingerprint density at radius 1 is 1.64 bits per heavy atom. The van der Waals surface area contributed by atoms with Gasteiger partial charge in [-0.15, -0.1) is 0 Å². The molecule has 0 radical (unpaired) electrons. The minimum atomic E-state index is 0.142. The number of hydrogen-bond donors (Lipinski definition) is 0. The number of anilines is 1. The van der Waals surface area contributed by atoms with Gasteiger partial charge < -0.3 is 0 Å². The van der Waals surface area contributed by atoms with Crippen LogP contribution in [0, 0.1) is 3.57 Å². The second-order valence-corrected chi connectivity index (χ2v) is 5.57. The Labute approximate surface area is 104 Å². The quantitative estimate of drug-likeness (QED) is 0.564. The Morgan fingerprint density at radius 3 is 3.00 bits per heavy atom. The number of pyridine rings is 1. The molecule has 1 aliphatic rings. The van der Waals surface area contributed by atoms with Crippen molar-refractivity contribution in [3.8, 4) is 0 Å². The molecule has 1 aromatic rings. The van der Waals surface area contributed by atoms with Gasteiger partial charge in [-0.25, -0.2) is 4.98 Å². The van der Waals surface area contributed by atoms with Crippen LogP contribution in [0.1, 0.15) is 6.42 Å². The van der Waals surface area contributed by atoms with E-state index < -0.39 is 0 Å². The summed E-state index contributed by atoms with van der Waals surface area (Å²) in [6.07, 6.45) is 2.28. The Morgan fingerprint density at radius 2 is 2.43 bits per heavy atom. The van der Waals surface area contributed by atoms with Crippen molar-refractivity contribution in [2.24, 2.45) is 0 Å². The van der Waals surface area contributed by atoms with Gasteiger partial charge in [0.05, 0.1) is 3.57 Å². The van der Waals surface area contributed by atoms with Crippen LogP contribution in [-0.4, -0.2) is 22.3 Å². The second kappa shape index (κ2) is 4.14. The molecule has 3 nitrogen and oxygen atoms in total. The predicted octanol–water partition coefficient (Wildman–Crippen LogP) is 2.19. The highest BCUT2D eigenvalue weighted by molar-refractivity contribution is 14.1. The molecule has 0 aliphatic carbocycles. The Kier molecular flexibility index (Phi) is 3.06. The zero-order valence-corrected chi connectivity index (χ0v) is 11.0. The predicted molar refractivity (Wildman–Crippen MR) is 66.6 cm³/mol. The van der Waals surface area contributed by atoms with Crippen molar-refractivity contribution in [3.63, 3.8) is 0 Å². The van der Waals surface area contributed by atoms with E-state index in [0.717, 1.165) is 9.39 Å². The Balaban J connectivity index is 2.32. The lowest BCUT2D eigenvalue weighted by molar-refractivity contribution is -0.117. The number of nitrogens with zero attached hydrogens (tertiary/aromatic N) is 2. The van der Waals surface area contributed by atoms with Crippen LogP contribution in [0.15, 0.2) is 18.3 Å². The van der Waals surface area contributed by atoms with Crippen LogP contribution in [-0.2, 0) is 4.79 Å². The molecule has 74 valence electrons. The van der Waals surface area contributed by atoms with Crippen LogP contribution in [0.25, 0.3) is 0 Å². The molecule has 0 saturated carbocycles. The summed E-state index contributed by atoms with van der Waals surface area (Å²) in [5.74, 6) is 0.920. The summed E-state index contributed by atoms with van der Waals surface area (Å²) in [6.45, 7) is 0.714.